The van der Waals surface area contributed by atoms with Gasteiger partial charge in [0.2, 0.25) is 0 Å². The van der Waals surface area contributed by atoms with Gasteiger partial charge in [-0.15, -0.1) is 11.3 Å². The molecule has 0 aliphatic rings. The van der Waals surface area contributed by atoms with E-state index in [1.54, 1.807) is 11.3 Å². The molecule has 1 aromatic carbocycles. The van der Waals surface area contributed by atoms with Crippen molar-refractivity contribution in [3.05, 3.63) is 45.4 Å². The molecule has 2 aromatic rings. The lowest BCUT2D eigenvalue weighted by atomic mass is 10.1. The molecule has 1 heterocycles. The molecule has 114 valence electrons. The number of nitrogens with one attached hydrogen (secondary N) is 1. The van der Waals surface area contributed by atoms with Crippen LogP contribution in [0.15, 0.2) is 23.7 Å². The normalized spacial score (nSPS) is 10.9. The SMILES string of the molecule is CCCNCc1cc(C)ccc1N(C)Cc1scnc1C. The first-order chi connectivity index (χ1) is 10.1. The molecule has 0 fully saturated rings. The maximum atomic E-state index is 4.34. The summed E-state index contributed by atoms with van der Waals surface area (Å²) in [6, 6.07) is 6.71. The van der Waals surface area contributed by atoms with Crippen molar-refractivity contribution >= 4 is 17.0 Å². The van der Waals surface area contributed by atoms with Crippen LogP contribution in [0.3, 0.4) is 0 Å². The second-order valence-electron chi connectivity index (χ2n) is 5.53. The second kappa shape index (κ2) is 7.57. The summed E-state index contributed by atoms with van der Waals surface area (Å²) in [5.74, 6) is 0. The predicted octanol–water partition coefficient (Wildman–Crippen LogP) is 3.90. The van der Waals surface area contributed by atoms with E-state index in [1.807, 2.05) is 5.51 Å². The van der Waals surface area contributed by atoms with Gasteiger partial charge in [0.05, 0.1) is 17.7 Å². The van der Waals surface area contributed by atoms with Crippen LogP contribution >= 0.6 is 11.3 Å². The fourth-order valence-corrected chi connectivity index (χ4v) is 3.24. The average Bonchev–Trinajstić information content (AvgIpc) is 2.84. The third-order valence-corrected chi connectivity index (χ3v) is 4.53. The first-order valence-electron chi connectivity index (χ1n) is 7.52. The number of rotatable bonds is 7. The van der Waals surface area contributed by atoms with Gasteiger partial charge < -0.3 is 10.2 Å². The third-order valence-electron chi connectivity index (χ3n) is 3.61. The number of aromatic nitrogens is 1. The van der Waals surface area contributed by atoms with E-state index in [0.29, 0.717) is 0 Å². The summed E-state index contributed by atoms with van der Waals surface area (Å²) in [6.07, 6.45) is 1.16. The maximum Gasteiger partial charge on any atom is 0.0798 e. The van der Waals surface area contributed by atoms with E-state index in [1.165, 1.54) is 21.7 Å². The van der Waals surface area contributed by atoms with Crippen LogP contribution in [-0.4, -0.2) is 18.6 Å². The summed E-state index contributed by atoms with van der Waals surface area (Å²) < 4.78 is 0. The summed E-state index contributed by atoms with van der Waals surface area (Å²) in [5.41, 5.74) is 7.06. The molecule has 0 atom stereocenters. The minimum absolute atomic E-state index is 0.917. The predicted molar refractivity (Wildman–Crippen MR) is 92.1 cm³/mol. The smallest absolute Gasteiger partial charge is 0.0798 e. The molecule has 21 heavy (non-hydrogen) atoms. The average molecular weight is 303 g/mol. The monoisotopic (exact) mass is 303 g/mol. The van der Waals surface area contributed by atoms with Crippen LogP contribution in [0.2, 0.25) is 0 Å². The zero-order chi connectivity index (χ0) is 15.2. The number of benzene rings is 1. The quantitative estimate of drug-likeness (QED) is 0.786. The molecule has 0 aliphatic carbocycles. The third kappa shape index (κ3) is 4.29. The molecule has 4 heteroatoms. The fraction of sp³-hybridized carbons (Fsp3) is 0.471. The van der Waals surface area contributed by atoms with Crippen molar-refractivity contribution in [3.63, 3.8) is 0 Å². The first-order valence-corrected chi connectivity index (χ1v) is 8.40. The zero-order valence-electron chi connectivity index (χ0n) is 13.4. The van der Waals surface area contributed by atoms with Gasteiger partial charge in [-0.2, -0.15) is 0 Å². The van der Waals surface area contributed by atoms with Gasteiger partial charge in [-0.3, -0.25) is 0 Å². The molecule has 0 saturated heterocycles. The number of thiazole rings is 1. The van der Waals surface area contributed by atoms with Crippen LogP contribution < -0.4 is 10.2 Å². The van der Waals surface area contributed by atoms with Crippen LogP contribution in [0, 0.1) is 13.8 Å². The number of hydrogen-bond donors (Lipinski definition) is 1. The number of hydrogen-bond acceptors (Lipinski definition) is 4. The topological polar surface area (TPSA) is 28.2 Å². The molecule has 0 spiro atoms. The fourth-order valence-electron chi connectivity index (χ4n) is 2.41. The lowest BCUT2D eigenvalue weighted by molar-refractivity contribution is 0.673. The molecule has 0 bridgehead atoms. The Morgan fingerprint density at radius 2 is 2.10 bits per heavy atom. The highest BCUT2D eigenvalue weighted by Gasteiger charge is 2.10. The van der Waals surface area contributed by atoms with E-state index in [0.717, 1.165) is 31.7 Å². The van der Waals surface area contributed by atoms with E-state index in [4.69, 9.17) is 0 Å². The summed E-state index contributed by atoms with van der Waals surface area (Å²) in [7, 11) is 2.16. The van der Waals surface area contributed by atoms with Crippen LogP contribution in [0.1, 0.15) is 35.0 Å². The van der Waals surface area contributed by atoms with Crippen molar-refractivity contribution in [1.29, 1.82) is 0 Å². The van der Waals surface area contributed by atoms with Crippen molar-refractivity contribution in [2.45, 2.75) is 40.3 Å². The van der Waals surface area contributed by atoms with E-state index >= 15 is 0 Å². The van der Waals surface area contributed by atoms with Crippen LogP contribution in [-0.2, 0) is 13.1 Å². The number of aryl methyl sites for hydroxylation is 2. The highest BCUT2D eigenvalue weighted by atomic mass is 32.1. The maximum absolute atomic E-state index is 4.34. The van der Waals surface area contributed by atoms with Crippen molar-refractivity contribution in [1.82, 2.24) is 10.3 Å². The van der Waals surface area contributed by atoms with Crippen LogP contribution in [0.5, 0.6) is 0 Å². The molecule has 1 aromatic heterocycles. The molecule has 0 radical (unpaired) electrons. The lowest BCUT2D eigenvalue weighted by Crippen LogP contribution is -2.21. The van der Waals surface area contributed by atoms with Gasteiger partial charge >= 0.3 is 0 Å². The molecular weight excluding hydrogens is 278 g/mol. The van der Waals surface area contributed by atoms with E-state index < -0.39 is 0 Å². The summed E-state index contributed by atoms with van der Waals surface area (Å²) >= 11 is 1.73. The minimum atomic E-state index is 0.917. The minimum Gasteiger partial charge on any atom is -0.369 e. The lowest BCUT2D eigenvalue weighted by Gasteiger charge is -2.23. The summed E-state index contributed by atoms with van der Waals surface area (Å²) in [6.45, 7) is 9.34. The molecule has 0 amide bonds. The molecule has 2 rings (SSSR count). The van der Waals surface area contributed by atoms with E-state index in [9.17, 15) is 0 Å². The Morgan fingerprint density at radius 3 is 2.76 bits per heavy atom. The Bertz CT molecular complexity index is 577. The van der Waals surface area contributed by atoms with Gasteiger partial charge in [0.25, 0.3) is 0 Å². The van der Waals surface area contributed by atoms with Gasteiger partial charge in [0.15, 0.2) is 0 Å². The highest BCUT2D eigenvalue weighted by Crippen LogP contribution is 2.24. The molecule has 0 unspecified atom stereocenters. The van der Waals surface area contributed by atoms with E-state index in [-0.39, 0.29) is 0 Å². The second-order valence-corrected chi connectivity index (χ2v) is 6.47. The van der Waals surface area contributed by atoms with Gasteiger partial charge in [-0.05, 0) is 38.4 Å². The molecule has 0 aliphatic heterocycles. The Morgan fingerprint density at radius 1 is 1.29 bits per heavy atom. The van der Waals surface area contributed by atoms with Crippen molar-refractivity contribution < 1.29 is 0 Å². The van der Waals surface area contributed by atoms with Gasteiger partial charge in [-0.1, -0.05) is 24.6 Å². The van der Waals surface area contributed by atoms with Crippen molar-refractivity contribution in [3.8, 4) is 0 Å². The van der Waals surface area contributed by atoms with E-state index in [2.05, 4.69) is 61.2 Å². The molecule has 1 N–H and O–H groups in total. The van der Waals surface area contributed by atoms with Gasteiger partial charge in [0, 0.05) is 24.2 Å². The largest absolute Gasteiger partial charge is 0.369 e. The summed E-state index contributed by atoms with van der Waals surface area (Å²) in [5, 5.41) is 3.51. The van der Waals surface area contributed by atoms with Crippen molar-refractivity contribution in [2.75, 3.05) is 18.5 Å². The Hall–Kier alpha value is -1.39. The Kier molecular flexibility index (Phi) is 5.76. The first kappa shape index (κ1) is 16.0. The van der Waals surface area contributed by atoms with Crippen molar-refractivity contribution in [2.24, 2.45) is 0 Å². The standard InChI is InChI=1S/C17H25N3S/c1-5-8-18-10-15-9-13(2)6-7-16(15)20(4)11-17-14(3)19-12-21-17/h6-7,9,12,18H,5,8,10-11H2,1-4H3. The number of anilines is 1. The Balaban J connectivity index is 2.15. The Labute approximate surface area is 132 Å². The molecular formula is C17H25N3S. The van der Waals surface area contributed by atoms with Crippen LogP contribution in [0.4, 0.5) is 5.69 Å². The van der Waals surface area contributed by atoms with Crippen LogP contribution in [0.25, 0.3) is 0 Å². The van der Waals surface area contributed by atoms with Gasteiger partial charge in [-0.25, -0.2) is 4.98 Å². The summed E-state index contributed by atoms with van der Waals surface area (Å²) in [4.78, 5) is 8.00. The molecule has 0 saturated carbocycles. The number of nitrogens with zero attached hydrogens (tertiary/aromatic N) is 2. The highest BCUT2D eigenvalue weighted by molar-refractivity contribution is 7.09. The zero-order valence-corrected chi connectivity index (χ0v) is 14.3. The molecule has 3 nitrogen and oxygen atoms in total. The van der Waals surface area contributed by atoms with Gasteiger partial charge in [0.1, 0.15) is 0 Å².